The molecule has 0 aliphatic carbocycles. The van der Waals surface area contributed by atoms with Crippen LogP contribution in [0.5, 0.6) is 0 Å². The number of hydrogen-bond donors (Lipinski definition) is 0. The highest BCUT2D eigenvalue weighted by molar-refractivity contribution is 8.26. The molecule has 0 saturated carbocycles. The second kappa shape index (κ2) is 7.60. The van der Waals surface area contributed by atoms with Gasteiger partial charge in [0, 0.05) is 0 Å². The van der Waals surface area contributed by atoms with Crippen molar-refractivity contribution in [2.75, 3.05) is 0 Å². The van der Waals surface area contributed by atoms with Gasteiger partial charge in [-0.2, -0.15) is 0 Å². The van der Waals surface area contributed by atoms with Crippen molar-refractivity contribution < 1.29 is 4.79 Å². The molecule has 1 amide bonds. The first-order valence-electron chi connectivity index (χ1n) is 7.66. The third-order valence-electron chi connectivity index (χ3n) is 3.61. The molecular formula is C20H17NOS2. The second-order valence-corrected chi connectivity index (χ2v) is 7.23. The highest BCUT2D eigenvalue weighted by atomic mass is 32.2. The molecule has 0 radical (unpaired) electrons. The number of rotatable bonds is 4. The summed E-state index contributed by atoms with van der Waals surface area (Å²) in [6.45, 7) is 2.51. The fourth-order valence-corrected chi connectivity index (χ4v) is 3.77. The number of thioether (sulfide) groups is 1. The highest BCUT2D eigenvalue weighted by Gasteiger charge is 2.31. The molecule has 24 heavy (non-hydrogen) atoms. The Morgan fingerprint density at radius 2 is 1.71 bits per heavy atom. The normalized spacial score (nSPS) is 17.0. The van der Waals surface area contributed by atoms with E-state index in [2.05, 4.69) is 6.08 Å². The summed E-state index contributed by atoms with van der Waals surface area (Å²) in [5, 5.41) is 0. The Kier molecular flexibility index (Phi) is 5.28. The lowest BCUT2D eigenvalue weighted by molar-refractivity contribution is -0.122. The van der Waals surface area contributed by atoms with E-state index in [1.165, 1.54) is 11.8 Å². The van der Waals surface area contributed by atoms with Gasteiger partial charge in [0.05, 0.1) is 11.4 Å². The Balaban J connectivity index is 1.77. The number of thiocarbonyl (C=S) groups is 1. The molecule has 1 saturated heterocycles. The monoisotopic (exact) mass is 351 g/mol. The molecule has 1 heterocycles. The molecule has 0 unspecified atom stereocenters. The molecule has 4 heteroatoms. The molecule has 3 rings (SSSR count). The third kappa shape index (κ3) is 4.02. The molecule has 120 valence electrons. The van der Waals surface area contributed by atoms with E-state index in [9.17, 15) is 4.79 Å². The van der Waals surface area contributed by atoms with Crippen LogP contribution in [0.3, 0.4) is 0 Å². The van der Waals surface area contributed by atoms with Gasteiger partial charge >= 0.3 is 0 Å². The summed E-state index contributed by atoms with van der Waals surface area (Å²) in [6.07, 6.45) is 3.97. The number of nitrogens with zero attached hydrogens (tertiary/aromatic N) is 1. The SMILES string of the molecule is CC(=Cc1ccccc1)C=C1SC(=S)N(Cc2ccccc2)C1=O. The van der Waals surface area contributed by atoms with Crippen LogP contribution in [0.1, 0.15) is 18.1 Å². The number of benzene rings is 2. The van der Waals surface area contributed by atoms with Crippen molar-refractivity contribution in [3.05, 3.63) is 88.3 Å². The number of hydrogen-bond acceptors (Lipinski definition) is 3. The maximum absolute atomic E-state index is 12.6. The topological polar surface area (TPSA) is 20.3 Å². The molecular weight excluding hydrogens is 334 g/mol. The minimum atomic E-state index is -0.0188. The first-order valence-corrected chi connectivity index (χ1v) is 8.88. The first-order chi connectivity index (χ1) is 11.6. The lowest BCUT2D eigenvalue weighted by atomic mass is 10.1. The number of allylic oxidation sites excluding steroid dienone is 2. The molecule has 0 spiro atoms. The fraction of sp³-hybridized carbons (Fsp3) is 0.100. The van der Waals surface area contributed by atoms with Crippen molar-refractivity contribution >= 4 is 40.3 Å². The van der Waals surface area contributed by atoms with Crippen LogP contribution in [0.15, 0.2) is 77.2 Å². The number of carbonyl (C=O) groups is 1. The van der Waals surface area contributed by atoms with Crippen molar-refractivity contribution in [1.82, 2.24) is 4.90 Å². The minimum Gasteiger partial charge on any atom is -0.288 e. The van der Waals surface area contributed by atoms with Gasteiger partial charge in [-0.1, -0.05) is 90.7 Å². The summed E-state index contributed by atoms with van der Waals surface area (Å²) in [6, 6.07) is 20.0. The lowest BCUT2D eigenvalue weighted by Crippen LogP contribution is -2.27. The van der Waals surface area contributed by atoms with Crippen molar-refractivity contribution in [3.8, 4) is 0 Å². The largest absolute Gasteiger partial charge is 0.288 e. The van der Waals surface area contributed by atoms with Crippen LogP contribution >= 0.6 is 24.0 Å². The van der Waals surface area contributed by atoms with E-state index in [4.69, 9.17) is 12.2 Å². The zero-order valence-electron chi connectivity index (χ0n) is 13.3. The molecule has 2 aromatic carbocycles. The van der Waals surface area contributed by atoms with Crippen molar-refractivity contribution in [1.29, 1.82) is 0 Å². The van der Waals surface area contributed by atoms with Crippen LogP contribution in [-0.4, -0.2) is 15.1 Å². The lowest BCUT2D eigenvalue weighted by Gasteiger charge is -2.14. The van der Waals surface area contributed by atoms with Crippen LogP contribution in [0.2, 0.25) is 0 Å². The average molecular weight is 351 g/mol. The molecule has 0 N–H and O–H groups in total. The summed E-state index contributed by atoms with van der Waals surface area (Å²) in [5.41, 5.74) is 3.22. The second-order valence-electron chi connectivity index (χ2n) is 5.55. The van der Waals surface area contributed by atoms with Gasteiger partial charge in [-0.25, -0.2) is 0 Å². The predicted octanol–water partition coefficient (Wildman–Crippen LogP) is 5.03. The number of amides is 1. The summed E-state index contributed by atoms with van der Waals surface area (Å²) in [4.78, 5) is 15.0. The average Bonchev–Trinajstić information content (AvgIpc) is 2.84. The van der Waals surface area contributed by atoms with Crippen molar-refractivity contribution in [3.63, 3.8) is 0 Å². The van der Waals surface area contributed by atoms with Crippen LogP contribution in [0.25, 0.3) is 6.08 Å². The zero-order chi connectivity index (χ0) is 16.9. The predicted molar refractivity (Wildman–Crippen MR) is 105 cm³/mol. The quantitative estimate of drug-likeness (QED) is 0.569. The summed E-state index contributed by atoms with van der Waals surface area (Å²) in [7, 11) is 0. The van der Waals surface area contributed by atoms with E-state index in [-0.39, 0.29) is 5.91 Å². The van der Waals surface area contributed by atoms with E-state index in [1.54, 1.807) is 4.90 Å². The van der Waals surface area contributed by atoms with Gasteiger partial charge in [0.15, 0.2) is 0 Å². The van der Waals surface area contributed by atoms with Gasteiger partial charge in [0.1, 0.15) is 4.32 Å². The maximum atomic E-state index is 12.6. The molecule has 2 nitrogen and oxygen atoms in total. The Morgan fingerprint density at radius 1 is 1.08 bits per heavy atom. The van der Waals surface area contributed by atoms with E-state index in [1.807, 2.05) is 73.7 Å². The van der Waals surface area contributed by atoms with Crippen LogP contribution < -0.4 is 0 Å². The Hall–Kier alpha value is -2.17. The Labute approximate surface area is 151 Å². The van der Waals surface area contributed by atoms with Crippen LogP contribution in [0, 0.1) is 0 Å². The van der Waals surface area contributed by atoms with E-state index in [0.29, 0.717) is 15.8 Å². The Morgan fingerprint density at radius 3 is 2.38 bits per heavy atom. The maximum Gasteiger partial charge on any atom is 0.266 e. The molecule has 1 fully saturated rings. The minimum absolute atomic E-state index is 0.0188. The van der Waals surface area contributed by atoms with Gasteiger partial charge in [0.25, 0.3) is 5.91 Å². The standard InChI is InChI=1S/C20H17NOS2/c1-15(12-16-8-4-2-5-9-16)13-18-19(22)21(20(23)24-18)14-17-10-6-3-7-11-17/h2-13H,14H2,1H3. The van der Waals surface area contributed by atoms with Gasteiger partial charge in [-0.05, 0) is 29.7 Å². The highest BCUT2D eigenvalue weighted by Crippen LogP contribution is 2.33. The summed E-state index contributed by atoms with van der Waals surface area (Å²) >= 11 is 6.75. The molecule has 2 aromatic rings. The summed E-state index contributed by atoms with van der Waals surface area (Å²) in [5.74, 6) is -0.0188. The first kappa shape index (κ1) is 16.7. The van der Waals surface area contributed by atoms with E-state index in [0.717, 1.165) is 16.7 Å². The van der Waals surface area contributed by atoms with Crippen molar-refractivity contribution in [2.45, 2.75) is 13.5 Å². The number of carbonyl (C=O) groups excluding carboxylic acids is 1. The van der Waals surface area contributed by atoms with E-state index >= 15 is 0 Å². The van der Waals surface area contributed by atoms with Gasteiger partial charge < -0.3 is 0 Å². The molecule has 1 aliphatic heterocycles. The van der Waals surface area contributed by atoms with Gasteiger partial charge in [-0.15, -0.1) is 0 Å². The van der Waals surface area contributed by atoms with Crippen molar-refractivity contribution in [2.24, 2.45) is 0 Å². The molecule has 0 atom stereocenters. The van der Waals surface area contributed by atoms with E-state index < -0.39 is 0 Å². The van der Waals surface area contributed by atoms with Gasteiger partial charge in [0.2, 0.25) is 0 Å². The smallest absolute Gasteiger partial charge is 0.266 e. The Bertz CT molecular complexity index is 810. The van der Waals surface area contributed by atoms with Crippen LogP contribution in [0.4, 0.5) is 0 Å². The summed E-state index contributed by atoms with van der Waals surface area (Å²) < 4.78 is 0.614. The van der Waals surface area contributed by atoms with Crippen LogP contribution in [-0.2, 0) is 11.3 Å². The third-order valence-corrected chi connectivity index (χ3v) is 4.99. The zero-order valence-corrected chi connectivity index (χ0v) is 14.9. The fourth-order valence-electron chi connectivity index (χ4n) is 2.46. The molecule has 0 aromatic heterocycles. The molecule has 1 aliphatic rings. The molecule has 0 bridgehead atoms. The van der Waals surface area contributed by atoms with Gasteiger partial charge in [-0.3, -0.25) is 9.69 Å².